The molecule has 86 valence electrons. The fourth-order valence-electron chi connectivity index (χ4n) is 7.27. The number of rotatable bonds is 0. The van der Waals surface area contributed by atoms with Crippen LogP contribution in [0.1, 0.15) is 6.42 Å². The van der Waals surface area contributed by atoms with Crippen LogP contribution in [0.15, 0.2) is 0 Å². The van der Waals surface area contributed by atoms with E-state index in [1.807, 2.05) is 0 Å². The highest BCUT2D eigenvalue weighted by atomic mass is 16.7. The van der Waals surface area contributed by atoms with Crippen LogP contribution in [0.3, 0.4) is 0 Å². The van der Waals surface area contributed by atoms with E-state index in [4.69, 9.17) is 9.47 Å². The number of hydrogen-bond acceptors (Lipinski definition) is 3. The van der Waals surface area contributed by atoms with Gasteiger partial charge in [0.05, 0.1) is 19.3 Å². The average molecular weight is 220 g/mol. The van der Waals surface area contributed by atoms with E-state index in [0.29, 0.717) is 23.7 Å². The molecule has 1 heterocycles. The second-order valence-electron chi connectivity index (χ2n) is 6.83. The summed E-state index contributed by atoms with van der Waals surface area (Å²) in [6, 6.07) is 0. The SMILES string of the molecule is O[C@@H]1[C@@H]2[C@H]3[C@@H]4C[C@H]5[C@H]3[C@H]2C2(OCCO2)[C@@H]5[C@@H]14. The summed E-state index contributed by atoms with van der Waals surface area (Å²) in [5.74, 6) is 5.26. The Bertz CT molecular complexity index is 402. The normalized spacial score (nSPS) is 74.4. The zero-order chi connectivity index (χ0) is 10.2. The van der Waals surface area contributed by atoms with Crippen LogP contribution in [-0.2, 0) is 9.47 Å². The number of hydrogen-bond donors (Lipinski definition) is 1. The van der Waals surface area contributed by atoms with E-state index >= 15 is 0 Å². The summed E-state index contributed by atoms with van der Waals surface area (Å²) in [6.07, 6.45) is 1.34. The Kier molecular flexibility index (Phi) is 1.01. The number of aliphatic hydroxyl groups is 1. The second kappa shape index (κ2) is 2.00. The van der Waals surface area contributed by atoms with Gasteiger partial charge in [0.25, 0.3) is 0 Å². The van der Waals surface area contributed by atoms with E-state index in [9.17, 15) is 5.11 Å². The zero-order valence-electron chi connectivity index (χ0n) is 9.08. The van der Waals surface area contributed by atoms with Crippen LogP contribution in [0.25, 0.3) is 0 Å². The lowest BCUT2D eigenvalue weighted by Crippen LogP contribution is -2.59. The van der Waals surface area contributed by atoms with Crippen molar-refractivity contribution in [3.8, 4) is 0 Å². The molecule has 0 radical (unpaired) electrons. The lowest BCUT2D eigenvalue weighted by molar-refractivity contribution is -0.277. The molecular formula is C13H16O3. The molecule has 0 aromatic carbocycles. The van der Waals surface area contributed by atoms with E-state index in [1.54, 1.807) is 0 Å². The first-order valence-electron chi connectivity index (χ1n) is 6.80. The first kappa shape index (κ1) is 8.06. The topological polar surface area (TPSA) is 38.7 Å². The maximum Gasteiger partial charge on any atom is 0.175 e. The van der Waals surface area contributed by atoms with E-state index in [2.05, 4.69) is 0 Å². The fraction of sp³-hybridized carbons (Fsp3) is 1.00. The molecule has 0 amide bonds. The van der Waals surface area contributed by atoms with Crippen LogP contribution in [0.4, 0.5) is 0 Å². The first-order valence-corrected chi connectivity index (χ1v) is 6.80. The van der Waals surface area contributed by atoms with E-state index in [0.717, 1.165) is 36.9 Å². The monoisotopic (exact) mass is 220 g/mol. The third-order valence-corrected chi connectivity index (χ3v) is 7.08. The van der Waals surface area contributed by atoms with E-state index < -0.39 is 0 Å². The Labute approximate surface area is 94.1 Å². The van der Waals surface area contributed by atoms with Crippen molar-refractivity contribution < 1.29 is 14.6 Å². The molecule has 16 heavy (non-hydrogen) atoms. The van der Waals surface area contributed by atoms with Gasteiger partial charge in [-0.25, -0.2) is 0 Å². The van der Waals surface area contributed by atoms with Crippen LogP contribution in [0, 0.1) is 47.3 Å². The highest BCUT2D eigenvalue weighted by molar-refractivity contribution is 5.33. The lowest BCUT2D eigenvalue weighted by atomic mass is 9.57. The van der Waals surface area contributed by atoms with Gasteiger partial charge in [0, 0.05) is 11.8 Å². The summed E-state index contributed by atoms with van der Waals surface area (Å²) in [4.78, 5) is 0. The first-order chi connectivity index (χ1) is 7.84. The quantitative estimate of drug-likeness (QED) is 0.645. The molecule has 0 aromatic heterocycles. The molecule has 5 saturated carbocycles. The van der Waals surface area contributed by atoms with E-state index in [1.165, 1.54) is 6.42 Å². The van der Waals surface area contributed by atoms with Gasteiger partial charge in [0.15, 0.2) is 5.79 Å². The smallest absolute Gasteiger partial charge is 0.175 e. The lowest BCUT2D eigenvalue weighted by Gasteiger charge is -2.52. The molecule has 1 N–H and O–H groups in total. The third-order valence-electron chi connectivity index (χ3n) is 7.08. The molecule has 1 aliphatic heterocycles. The maximum absolute atomic E-state index is 10.4. The Balaban J connectivity index is 1.64. The predicted octanol–water partition coefficient (Wildman–Crippen LogP) is 0.478. The van der Waals surface area contributed by atoms with Gasteiger partial charge >= 0.3 is 0 Å². The zero-order valence-corrected chi connectivity index (χ0v) is 9.08. The summed E-state index contributed by atoms with van der Waals surface area (Å²) in [5, 5.41) is 10.4. The van der Waals surface area contributed by atoms with Gasteiger partial charge in [0.2, 0.25) is 0 Å². The van der Waals surface area contributed by atoms with Crippen molar-refractivity contribution in [3.05, 3.63) is 0 Å². The second-order valence-corrected chi connectivity index (χ2v) is 6.83. The van der Waals surface area contributed by atoms with Gasteiger partial charge in [-0.3, -0.25) is 0 Å². The number of aliphatic hydroxyl groups excluding tert-OH is 1. The van der Waals surface area contributed by atoms with Crippen LogP contribution in [0.2, 0.25) is 0 Å². The van der Waals surface area contributed by atoms with Crippen LogP contribution < -0.4 is 0 Å². The Hall–Kier alpha value is -0.120. The Morgan fingerprint density at radius 2 is 1.69 bits per heavy atom. The third kappa shape index (κ3) is 0.485. The van der Waals surface area contributed by atoms with Crippen molar-refractivity contribution in [2.24, 2.45) is 47.3 Å². The minimum atomic E-state index is -0.231. The van der Waals surface area contributed by atoms with Crippen molar-refractivity contribution in [1.29, 1.82) is 0 Å². The molecular weight excluding hydrogens is 204 g/mol. The van der Waals surface area contributed by atoms with Crippen molar-refractivity contribution in [2.75, 3.05) is 13.2 Å². The molecule has 6 fully saturated rings. The molecule has 9 atom stereocenters. The fourth-order valence-corrected chi connectivity index (χ4v) is 7.27. The molecule has 2 bridgehead atoms. The number of ether oxygens (including phenoxy) is 2. The highest BCUT2D eigenvalue weighted by Gasteiger charge is 2.89. The predicted molar refractivity (Wildman–Crippen MR) is 53.2 cm³/mol. The van der Waals surface area contributed by atoms with Gasteiger partial charge in [-0.1, -0.05) is 0 Å². The summed E-state index contributed by atoms with van der Waals surface area (Å²) in [5.41, 5.74) is 0. The summed E-state index contributed by atoms with van der Waals surface area (Å²) >= 11 is 0. The van der Waals surface area contributed by atoms with Crippen LogP contribution in [0.5, 0.6) is 0 Å². The molecule has 3 nitrogen and oxygen atoms in total. The highest BCUT2D eigenvalue weighted by Crippen LogP contribution is 2.86. The van der Waals surface area contributed by atoms with E-state index in [-0.39, 0.29) is 11.9 Å². The van der Waals surface area contributed by atoms with Crippen molar-refractivity contribution in [2.45, 2.75) is 18.3 Å². The summed E-state index contributed by atoms with van der Waals surface area (Å²) in [7, 11) is 0. The van der Waals surface area contributed by atoms with Crippen molar-refractivity contribution in [1.82, 2.24) is 0 Å². The minimum absolute atomic E-state index is 0.0211. The molecule has 1 saturated heterocycles. The maximum atomic E-state index is 10.4. The van der Waals surface area contributed by atoms with Gasteiger partial charge in [-0.2, -0.15) is 0 Å². The standard InChI is InChI=1S/C13H16O3/c14-12-8-4-3-5-7-6(4)9(12)11(7)13(10(5)8)15-1-2-16-13/h4-12,14H,1-3H2/t4-,5-,6-,7+,8-,9+,10-,11+,12-/m0/s1. The van der Waals surface area contributed by atoms with Gasteiger partial charge in [-0.15, -0.1) is 0 Å². The van der Waals surface area contributed by atoms with Crippen LogP contribution in [-0.4, -0.2) is 30.2 Å². The molecule has 1 spiro atoms. The molecule has 0 unspecified atom stereocenters. The number of fused-ring (bicyclic) bond motifs is 4. The molecule has 5 aliphatic carbocycles. The van der Waals surface area contributed by atoms with Crippen LogP contribution >= 0.6 is 0 Å². The Morgan fingerprint density at radius 1 is 0.875 bits per heavy atom. The molecule has 0 aromatic rings. The van der Waals surface area contributed by atoms with Gasteiger partial charge in [0.1, 0.15) is 0 Å². The molecule has 6 rings (SSSR count). The summed E-state index contributed by atoms with van der Waals surface area (Å²) < 4.78 is 12.2. The van der Waals surface area contributed by atoms with Crippen molar-refractivity contribution in [3.63, 3.8) is 0 Å². The summed E-state index contributed by atoms with van der Waals surface area (Å²) in [6.45, 7) is 1.55. The van der Waals surface area contributed by atoms with Gasteiger partial charge in [-0.05, 0) is 41.9 Å². The molecule has 3 heteroatoms. The molecule has 6 aliphatic rings. The Morgan fingerprint density at radius 3 is 2.50 bits per heavy atom. The average Bonchev–Trinajstić information content (AvgIpc) is 2.87. The van der Waals surface area contributed by atoms with Crippen molar-refractivity contribution >= 4 is 0 Å². The minimum Gasteiger partial charge on any atom is -0.393 e. The van der Waals surface area contributed by atoms with Gasteiger partial charge < -0.3 is 14.6 Å². The largest absolute Gasteiger partial charge is 0.393 e.